The number of carbonyl (C=O) groups excluding carboxylic acids is 2. The molecule has 0 fully saturated rings. The molecule has 0 bridgehead atoms. The van der Waals surface area contributed by atoms with E-state index < -0.39 is 17.6 Å². The van der Waals surface area contributed by atoms with E-state index in [0.29, 0.717) is 11.3 Å². The summed E-state index contributed by atoms with van der Waals surface area (Å²) in [5, 5.41) is 5.39. The van der Waals surface area contributed by atoms with Crippen LogP contribution in [-0.4, -0.2) is 24.6 Å². The molecule has 0 unspecified atom stereocenters. The second-order valence-electron chi connectivity index (χ2n) is 6.49. The third-order valence-corrected chi connectivity index (χ3v) is 4.57. The van der Waals surface area contributed by atoms with Gasteiger partial charge in [0.1, 0.15) is 6.54 Å². The zero-order valence-electron chi connectivity index (χ0n) is 14.9. The van der Waals surface area contributed by atoms with E-state index in [4.69, 9.17) is 0 Å². The molecular formula is C21H14F3N3O2. The Bertz CT molecular complexity index is 1150. The molecule has 29 heavy (non-hydrogen) atoms. The minimum absolute atomic E-state index is 0.189. The summed E-state index contributed by atoms with van der Waals surface area (Å²) in [7, 11) is 0. The number of hydrogen-bond donors (Lipinski definition) is 1. The average Bonchev–Trinajstić information content (AvgIpc) is 2.96. The lowest BCUT2D eigenvalue weighted by Crippen LogP contribution is -2.37. The molecular weight excluding hydrogens is 383 g/mol. The molecule has 0 atom stereocenters. The number of alkyl halides is 3. The lowest BCUT2D eigenvalue weighted by atomic mass is 10.1. The minimum atomic E-state index is -4.46. The summed E-state index contributed by atoms with van der Waals surface area (Å²) in [5.41, 5.74) is 2.80. The Hall–Kier alpha value is -3.68. The van der Waals surface area contributed by atoms with Gasteiger partial charge in [-0.3, -0.25) is 14.5 Å². The number of amides is 2. The maximum Gasteiger partial charge on any atom is 0.416 e. The lowest BCUT2D eigenvalue weighted by molar-refractivity contribution is -0.137. The average molecular weight is 397 g/mol. The fourth-order valence-electron chi connectivity index (χ4n) is 3.29. The number of anilines is 1. The fraction of sp³-hybridized carbons (Fsp3) is 0.0952. The van der Waals surface area contributed by atoms with Gasteiger partial charge in [-0.05, 0) is 35.2 Å². The summed E-state index contributed by atoms with van der Waals surface area (Å²) in [6.45, 7) is -0.257. The Morgan fingerprint density at radius 1 is 1.07 bits per heavy atom. The Morgan fingerprint density at radius 2 is 1.79 bits per heavy atom. The van der Waals surface area contributed by atoms with E-state index in [-0.39, 0.29) is 18.0 Å². The van der Waals surface area contributed by atoms with Gasteiger partial charge in [-0.1, -0.05) is 36.4 Å². The monoisotopic (exact) mass is 397 g/mol. The molecule has 146 valence electrons. The molecule has 0 radical (unpaired) electrons. The van der Waals surface area contributed by atoms with Gasteiger partial charge >= 0.3 is 6.18 Å². The molecule has 8 heteroatoms. The molecule has 3 aromatic rings. The van der Waals surface area contributed by atoms with Crippen molar-refractivity contribution in [2.75, 3.05) is 11.4 Å². The second kappa shape index (κ2) is 7.05. The van der Waals surface area contributed by atoms with Crippen molar-refractivity contribution < 1.29 is 22.8 Å². The van der Waals surface area contributed by atoms with Crippen LogP contribution >= 0.6 is 0 Å². The Morgan fingerprint density at radius 3 is 2.55 bits per heavy atom. The highest BCUT2D eigenvalue weighted by Crippen LogP contribution is 2.36. The van der Waals surface area contributed by atoms with Crippen molar-refractivity contribution in [3.8, 4) is 0 Å². The number of halogens is 3. The van der Waals surface area contributed by atoms with Crippen LogP contribution in [0.15, 0.2) is 65.8 Å². The number of nitrogens with zero attached hydrogens (tertiary/aromatic N) is 2. The number of nitrogens with one attached hydrogen (secondary N) is 1. The molecule has 3 aromatic carbocycles. The maximum absolute atomic E-state index is 12.7. The number of hydrazone groups is 1. The largest absolute Gasteiger partial charge is 0.416 e. The number of benzene rings is 3. The molecule has 0 saturated carbocycles. The summed E-state index contributed by atoms with van der Waals surface area (Å²) in [5.74, 6) is -0.847. The molecule has 4 rings (SSSR count). The van der Waals surface area contributed by atoms with Gasteiger partial charge < -0.3 is 0 Å². The van der Waals surface area contributed by atoms with Gasteiger partial charge in [0.2, 0.25) is 0 Å². The van der Waals surface area contributed by atoms with Crippen LogP contribution in [0.4, 0.5) is 18.9 Å². The zero-order chi connectivity index (χ0) is 20.6. The summed E-state index contributed by atoms with van der Waals surface area (Å²) >= 11 is 0. The molecule has 1 heterocycles. The van der Waals surface area contributed by atoms with Crippen molar-refractivity contribution >= 4 is 34.5 Å². The predicted octanol–water partition coefficient (Wildman–Crippen LogP) is 3.97. The topological polar surface area (TPSA) is 61.8 Å². The predicted molar refractivity (Wildman–Crippen MR) is 103 cm³/mol. The Balaban J connectivity index is 1.46. The third-order valence-electron chi connectivity index (χ3n) is 4.57. The highest BCUT2D eigenvalue weighted by atomic mass is 19.4. The first-order chi connectivity index (χ1) is 13.8. The van der Waals surface area contributed by atoms with Gasteiger partial charge in [0, 0.05) is 10.9 Å². The van der Waals surface area contributed by atoms with Crippen molar-refractivity contribution in [3.63, 3.8) is 0 Å². The molecule has 0 aliphatic carbocycles. The molecule has 5 nitrogen and oxygen atoms in total. The van der Waals surface area contributed by atoms with Crippen LogP contribution in [0.3, 0.4) is 0 Å². The van der Waals surface area contributed by atoms with Crippen molar-refractivity contribution in [3.05, 3.63) is 77.4 Å². The van der Waals surface area contributed by atoms with Crippen LogP contribution in [0.1, 0.15) is 21.5 Å². The first kappa shape index (κ1) is 18.7. The van der Waals surface area contributed by atoms with Gasteiger partial charge in [-0.15, -0.1) is 0 Å². The van der Waals surface area contributed by atoms with E-state index in [1.54, 1.807) is 24.3 Å². The van der Waals surface area contributed by atoms with Crippen LogP contribution in [0, 0.1) is 0 Å². The smallest absolute Gasteiger partial charge is 0.298 e. The van der Waals surface area contributed by atoms with Gasteiger partial charge in [0.15, 0.2) is 0 Å². The van der Waals surface area contributed by atoms with Crippen LogP contribution in [0.5, 0.6) is 0 Å². The zero-order valence-corrected chi connectivity index (χ0v) is 14.9. The summed E-state index contributed by atoms with van der Waals surface area (Å²) in [4.78, 5) is 26.2. The molecule has 0 spiro atoms. The second-order valence-corrected chi connectivity index (χ2v) is 6.49. The quantitative estimate of drug-likeness (QED) is 0.535. The fourth-order valence-corrected chi connectivity index (χ4v) is 3.29. The van der Waals surface area contributed by atoms with Crippen LogP contribution in [-0.2, 0) is 11.0 Å². The molecule has 1 N–H and O–H groups in total. The highest BCUT2D eigenvalue weighted by Gasteiger charge is 2.31. The molecule has 2 amide bonds. The van der Waals surface area contributed by atoms with E-state index in [1.807, 2.05) is 12.1 Å². The number of hydrogen-bond acceptors (Lipinski definition) is 3. The van der Waals surface area contributed by atoms with Crippen molar-refractivity contribution in [1.82, 2.24) is 5.43 Å². The molecule has 1 aliphatic rings. The minimum Gasteiger partial charge on any atom is -0.298 e. The van der Waals surface area contributed by atoms with E-state index >= 15 is 0 Å². The van der Waals surface area contributed by atoms with Crippen LogP contribution < -0.4 is 10.3 Å². The molecule has 0 aromatic heterocycles. The summed E-state index contributed by atoms with van der Waals surface area (Å²) in [6, 6.07) is 15.4. The van der Waals surface area contributed by atoms with Crippen LogP contribution in [0.25, 0.3) is 10.8 Å². The van der Waals surface area contributed by atoms with Crippen molar-refractivity contribution in [2.45, 2.75) is 6.18 Å². The lowest BCUT2D eigenvalue weighted by Gasteiger charge is -2.16. The van der Waals surface area contributed by atoms with E-state index in [2.05, 4.69) is 10.5 Å². The summed E-state index contributed by atoms with van der Waals surface area (Å²) in [6.07, 6.45) is -3.34. The van der Waals surface area contributed by atoms with Gasteiger partial charge in [-0.25, -0.2) is 5.43 Å². The Labute approximate surface area is 163 Å². The highest BCUT2D eigenvalue weighted by molar-refractivity contribution is 6.26. The standard InChI is InChI=1S/C21H14F3N3O2/c22-21(23,24)15-7-1-4-13(10-15)11-25-26-18(28)12-27-17-9-3-6-14-5-2-8-16(19(14)17)20(27)29/h1-11H,12H2,(H,26,28)/b25-11+. The van der Waals surface area contributed by atoms with Crippen LogP contribution in [0.2, 0.25) is 0 Å². The normalized spacial score (nSPS) is 13.5. The molecule has 0 saturated heterocycles. The third kappa shape index (κ3) is 3.56. The number of rotatable bonds is 4. The van der Waals surface area contributed by atoms with E-state index in [9.17, 15) is 22.8 Å². The van der Waals surface area contributed by atoms with Gasteiger partial charge in [0.25, 0.3) is 11.8 Å². The number of carbonyl (C=O) groups is 2. The van der Waals surface area contributed by atoms with E-state index in [1.165, 1.54) is 17.0 Å². The maximum atomic E-state index is 12.7. The van der Waals surface area contributed by atoms with Gasteiger partial charge in [0.05, 0.1) is 17.5 Å². The van der Waals surface area contributed by atoms with Crippen molar-refractivity contribution in [1.29, 1.82) is 0 Å². The first-order valence-corrected chi connectivity index (χ1v) is 8.67. The summed E-state index contributed by atoms with van der Waals surface area (Å²) < 4.78 is 38.2. The Kier molecular flexibility index (Phi) is 4.54. The van der Waals surface area contributed by atoms with Crippen molar-refractivity contribution in [2.24, 2.45) is 5.10 Å². The molecule has 1 aliphatic heterocycles. The van der Waals surface area contributed by atoms with E-state index in [0.717, 1.165) is 29.1 Å². The SMILES string of the molecule is O=C(CN1C(=O)c2cccc3cccc1c23)N/N=C/c1cccc(C(F)(F)F)c1. The first-order valence-electron chi connectivity index (χ1n) is 8.67. The van der Waals surface area contributed by atoms with Gasteiger partial charge in [-0.2, -0.15) is 18.3 Å².